The minimum Gasteiger partial charge on any atom is -0.496 e. The molecule has 1 aromatic carbocycles. The van der Waals surface area contributed by atoms with E-state index < -0.39 is 0 Å². The van der Waals surface area contributed by atoms with E-state index in [2.05, 4.69) is 10.6 Å². The number of halogens is 1. The Morgan fingerprint density at radius 2 is 2.00 bits per heavy atom. The van der Waals surface area contributed by atoms with Gasteiger partial charge in [-0.2, -0.15) is 0 Å². The van der Waals surface area contributed by atoms with Crippen molar-refractivity contribution >= 4 is 18.3 Å². The van der Waals surface area contributed by atoms with E-state index in [-0.39, 0.29) is 24.2 Å². The van der Waals surface area contributed by atoms with Gasteiger partial charge in [0.25, 0.3) is 0 Å². The van der Waals surface area contributed by atoms with E-state index >= 15 is 0 Å². The molecule has 0 aromatic heterocycles. The summed E-state index contributed by atoms with van der Waals surface area (Å²) in [5.41, 5.74) is 1.07. The molecule has 0 saturated carbocycles. The second-order valence-electron chi connectivity index (χ2n) is 4.30. The number of benzene rings is 1. The van der Waals surface area contributed by atoms with Gasteiger partial charge in [0.2, 0.25) is 5.91 Å². The molecular weight excluding hydrogens is 264 g/mol. The molecule has 0 fully saturated rings. The van der Waals surface area contributed by atoms with Crippen LogP contribution in [0.1, 0.15) is 24.8 Å². The fourth-order valence-corrected chi connectivity index (χ4v) is 1.86. The van der Waals surface area contributed by atoms with E-state index in [0.29, 0.717) is 13.0 Å². The number of hydrogen-bond donors (Lipinski definition) is 2. The van der Waals surface area contributed by atoms with Crippen molar-refractivity contribution in [3.63, 3.8) is 0 Å². The lowest BCUT2D eigenvalue weighted by Crippen LogP contribution is -2.31. The Labute approximate surface area is 121 Å². The Balaban J connectivity index is 0.00000324. The summed E-state index contributed by atoms with van der Waals surface area (Å²) in [5.74, 6) is 1.06. The molecule has 1 aromatic rings. The SMILES string of the molecule is CNCCNC(=O)CC(C)c1ccccc1OC.Cl. The molecule has 0 aliphatic heterocycles. The third kappa shape index (κ3) is 5.94. The Morgan fingerprint density at radius 3 is 2.63 bits per heavy atom. The number of amides is 1. The predicted molar refractivity (Wildman–Crippen MR) is 80.2 cm³/mol. The molecule has 1 rings (SSSR count). The minimum atomic E-state index is 0. The van der Waals surface area contributed by atoms with E-state index in [0.717, 1.165) is 17.9 Å². The van der Waals surface area contributed by atoms with Crippen LogP contribution in [0.25, 0.3) is 0 Å². The van der Waals surface area contributed by atoms with Crippen molar-refractivity contribution in [2.75, 3.05) is 27.2 Å². The van der Waals surface area contributed by atoms with Crippen LogP contribution in [0.4, 0.5) is 0 Å². The lowest BCUT2D eigenvalue weighted by atomic mass is 9.96. The normalized spacial score (nSPS) is 11.3. The van der Waals surface area contributed by atoms with Crippen molar-refractivity contribution < 1.29 is 9.53 Å². The molecule has 0 saturated heterocycles. The smallest absolute Gasteiger partial charge is 0.220 e. The number of ether oxygens (including phenoxy) is 1. The molecule has 2 N–H and O–H groups in total. The zero-order valence-electron chi connectivity index (χ0n) is 11.7. The van der Waals surface area contributed by atoms with Gasteiger partial charge in [0.15, 0.2) is 0 Å². The van der Waals surface area contributed by atoms with Gasteiger partial charge >= 0.3 is 0 Å². The average Bonchev–Trinajstić information content (AvgIpc) is 2.39. The van der Waals surface area contributed by atoms with Gasteiger partial charge in [0.05, 0.1) is 7.11 Å². The van der Waals surface area contributed by atoms with Crippen molar-refractivity contribution in [1.29, 1.82) is 0 Å². The number of methoxy groups -OCH3 is 1. The molecule has 0 aliphatic rings. The van der Waals surface area contributed by atoms with Crippen LogP contribution in [0.3, 0.4) is 0 Å². The molecule has 0 spiro atoms. The molecule has 0 bridgehead atoms. The first-order chi connectivity index (χ1) is 8.69. The minimum absolute atomic E-state index is 0. The molecule has 19 heavy (non-hydrogen) atoms. The van der Waals surface area contributed by atoms with Gasteiger partial charge in [-0.3, -0.25) is 4.79 Å². The van der Waals surface area contributed by atoms with Crippen molar-refractivity contribution in [2.24, 2.45) is 0 Å². The molecule has 1 atom stereocenters. The molecule has 0 heterocycles. The topological polar surface area (TPSA) is 50.4 Å². The number of carbonyl (C=O) groups is 1. The Hall–Kier alpha value is -1.26. The van der Waals surface area contributed by atoms with Gasteiger partial charge in [-0.1, -0.05) is 25.1 Å². The Bertz CT molecular complexity index is 385. The number of rotatable bonds is 7. The van der Waals surface area contributed by atoms with Crippen molar-refractivity contribution in [1.82, 2.24) is 10.6 Å². The second-order valence-corrected chi connectivity index (χ2v) is 4.30. The first-order valence-corrected chi connectivity index (χ1v) is 6.23. The number of nitrogens with one attached hydrogen (secondary N) is 2. The third-order valence-corrected chi connectivity index (χ3v) is 2.86. The summed E-state index contributed by atoms with van der Waals surface area (Å²) in [6, 6.07) is 7.82. The van der Waals surface area contributed by atoms with Gasteiger partial charge in [-0.25, -0.2) is 0 Å². The highest BCUT2D eigenvalue weighted by molar-refractivity contribution is 5.85. The van der Waals surface area contributed by atoms with Crippen LogP contribution in [-0.4, -0.2) is 33.2 Å². The van der Waals surface area contributed by atoms with E-state index in [1.54, 1.807) is 7.11 Å². The maximum atomic E-state index is 11.7. The van der Waals surface area contributed by atoms with Gasteiger partial charge in [0, 0.05) is 19.5 Å². The largest absolute Gasteiger partial charge is 0.496 e. The molecule has 1 unspecified atom stereocenters. The number of hydrogen-bond acceptors (Lipinski definition) is 3. The summed E-state index contributed by atoms with van der Waals surface area (Å²) in [5, 5.41) is 5.87. The summed E-state index contributed by atoms with van der Waals surface area (Å²) in [6.07, 6.45) is 0.476. The third-order valence-electron chi connectivity index (χ3n) is 2.86. The zero-order valence-corrected chi connectivity index (χ0v) is 12.5. The van der Waals surface area contributed by atoms with Crippen molar-refractivity contribution in [2.45, 2.75) is 19.3 Å². The fraction of sp³-hybridized carbons (Fsp3) is 0.500. The second kappa shape index (κ2) is 9.64. The average molecular weight is 287 g/mol. The van der Waals surface area contributed by atoms with Gasteiger partial charge in [-0.05, 0) is 24.6 Å². The van der Waals surface area contributed by atoms with Crippen LogP contribution in [0, 0.1) is 0 Å². The Kier molecular flexibility index (Phi) is 9.00. The molecule has 5 heteroatoms. The maximum Gasteiger partial charge on any atom is 0.220 e. The summed E-state index contributed by atoms with van der Waals surface area (Å²) < 4.78 is 5.30. The first kappa shape index (κ1) is 17.7. The molecule has 1 amide bonds. The van der Waals surface area contributed by atoms with Gasteiger partial charge < -0.3 is 15.4 Å². The lowest BCUT2D eigenvalue weighted by molar-refractivity contribution is -0.121. The van der Waals surface area contributed by atoms with Gasteiger partial charge in [0.1, 0.15) is 5.75 Å². The van der Waals surface area contributed by atoms with Crippen LogP contribution in [-0.2, 0) is 4.79 Å². The number of para-hydroxylation sites is 1. The van der Waals surface area contributed by atoms with E-state index in [4.69, 9.17) is 4.74 Å². The summed E-state index contributed by atoms with van der Waals surface area (Å²) >= 11 is 0. The quantitative estimate of drug-likeness (QED) is 0.753. The fourth-order valence-electron chi connectivity index (χ4n) is 1.86. The molecule has 0 aliphatic carbocycles. The first-order valence-electron chi connectivity index (χ1n) is 6.23. The van der Waals surface area contributed by atoms with Crippen LogP contribution in [0.2, 0.25) is 0 Å². The number of likely N-dealkylation sites (N-methyl/N-ethyl adjacent to an activating group) is 1. The zero-order chi connectivity index (χ0) is 13.4. The molecule has 0 radical (unpaired) electrons. The maximum absolute atomic E-state index is 11.7. The van der Waals surface area contributed by atoms with E-state index in [1.165, 1.54) is 0 Å². The van der Waals surface area contributed by atoms with Crippen molar-refractivity contribution in [3.8, 4) is 5.75 Å². The summed E-state index contributed by atoms with van der Waals surface area (Å²) in [7, 11) is 3.52. The summed E-state index contributed by atoms with van der Waals surface area (Å²) in [4.78, 5) is 11.7. The lowest BCUT2D eigenvalue weighted by Gasteiger charge is -2.15. The van der Waals surface area contributed by atoms with E-state index in [1.807, 2.05) is 38.2 Å². The highest BCUT2D eigenvalue weighted by Crippen LogP contribution is 2.28. The van der Waals surface area contributed by atoms with E-state index in [9.17, 15) is 4.79 Å². The highest BCUT2D eigenvalue weighted by Gasteiger charge is 2.14. The standard InChI is InChI=1S/C14H22N2O2.ClH/c1-11(10-14(17)16-9-8-15-2)12-6-4-5-7-13(12)18-3;/h4-7,11,15H,8-10H2,1-3H3,(H,16,17);1H. The van der Waals surface area contributed by atoms with Crippen LogP contribution >= 0.6 is 12.4 Å². The Morgan fingerprint density at radius 1 is 1.32 bits per heavy atom. The van der Waals surface area contributed by atoms with Crippen LogP contribution < -0.4 is 15.4 Å². The molecule has 108 valence electrons. The van der Waals surface area contributed by atoms with Gasteiger partial charge in [-0.15, -0.1) is 12.4 Å². The highest BCUT2D eigenvalue weighted by atomic mass is 35.5. The van der Waals surface area contributed by atoms with Crippen LogP contribution in [0.15, 0.2) is 24.3 Å². The summed E-state index contributed by atoms with van der Waals surface area (Å²) in [6.45, 7) is 3.48. The number of carbonyl (C=O) groups excluding carboxylic acids is 1. The van der Waals surface area contributed by atoms with Crippen molar-refractivity contribution in [3.05, 3.63) is 29.8 Å². The predicted octanol–water partition coefficient (Wildman–Crippen LogP) is 1.95. The molecular formula is C14H23ClN2O2. The molecule has 4 nitrogen and oxygen atoms in total. The van der Waals surface area contributed by atoms with Crippen LogP contribution in [0.5, 0.6) is 5.75 Å². The monoisotopic (exact) mass is 286 g/mol.